The maximum atomic E-state index is 10.9. The second-order valence-corrected chi connectivity index (χ2v) is 2.95. The van der Waals surface area contributed by atoms with Crippen LogP contribution in [-0.4, -0.2) is 31.1 Å². The van der Waals surface area contributed by atoms with Gasteiger partial charge in [-0.25, -0.2) is 5.01 Å². The van der Waals surface area contributed by atoms with E-state index >= 15 is 0 Å². The molecule has 11 heavy (non-hydrogen) atoms. The molecule has 1 atom stereocenters. The maximum Gasteiger partial charge on any atom is 0.234 e. The Kier molecular flexibility index (Phi) is 4.81. The summed E-state index contributed by atoms with van der Waals surface area (Å²) in [7, 11) is 3.56. The lowest BCUT2D eigenvalue weighted by Crippen LogP contribution is -2.36. The van der Waals surface area contributed by atoms with Crippen LogP contribution >= 0.6 is 0 Å². The van der Waals surface area contributed by atoms with Gasteiger partial charge in [-0.3, -0.25) is 10.2 Å². The molecule has 0 spiro atoms. The van der Waals surface area contributed by atoms with Gasteiger partial charge in [0.2, 0.25) is 5.91 Å². The molecule has 0 aliphatic carbocycles. The van der Waals surface area contributed by atoms with Crippen molar-refractivity contribution in [3.63, 3.8) is 0 Å². The molecule has 4 nitrogen and oxygen atoms in total. The predicted molar refractivity (Wildman–Crippen MR) is 44.7 cm³/mol. The Bertz CT molecular complexity index is 123. The van der Waals surface area contributed by atoms with E-state index in [0.29, 0.717) is 6.42 Å². The molecule has 0 heterocycles. The fourth-order valence-electron chi connectivity index (χ4n) is 0.664. The fraction of sp³-hybridized carbons (Fsp3) is 0.857. The second-order valence-electron chi connectivity index (χ2n) is 2.95. The quantitative estimate of drug-likeness (QED) is 0.554. The van der Waals surface area contributed by atoms with E-state index in [-0.39, 0.29) is 11.9 Å². The first-order valence-electron chi connectivity index (χ1n) is 3.74. The molecule has 3 N–H and O–H groups in total. The van der Waals surface area contributed by atoms with Crippen LogP contribution in [0.5, 0.6) is 0 Å². The minimum absolute atomic E-state index is 0.0206. The summed E-state index contributed by atoms with van der Waals surface area (Å²) in [6, 6.07) is 0.0999. The Morgan fingerprint density at radius 1 is 1.64 bits per heavy atom. The van der Waals surface area contributed by atoms with E-state index in [0.717, 1.165) is 6.42 Å². The third-order valence-corrected chi connectivity index (χ3v) is 1.18. The molecule has 1 unspecified atom stereocenters. The van der Waals surface area contributed by atoms with Crippen LogP contribution in [0.1, 0.15) is 19.8 Å². The molecule has 0 rings (SSSR count). The van der Waals surface area contributed by atoms with Crippen LogP contribution in [0.15, 0.2) is 0 Å². The van der Waals surface area contributed by atoms with E-state index in [4.69, 9.17) is 5.73 Å². The number of nitrogens with one attached hydrogen (secondary N) is 1. The van der Waals surface area contributed by atoms with Crippen molar-refractivity contribution >= 4 is 5.91 Å². The standard InChI is InChI=1S/C7H17N3O/c1-6(8)4-5-7(11)9-10(2)3/h6H,4-5,8H2,1-3H3,(H,9,11). The van der Waals surface area contributed by atoms with Gasteiger partial charge < -0.3 is 5.73 Å². The van der Waals surface area contributed by atoms with Crippen molar-refractivity contribution in [3.05, 3.63) is 0 Å². The number of hydrogen-bond donors (Lipinski definition) is 2. The molecule has 0 saturated carbocycles. The van der Waals surface area contributed by atoms with Gasteiger partial charge in [0.1, 0.15) is 0 Å². The van der Waals surface area contributed by atoms with E-state index in [1.54, 1.807) is 19.1 Å². The zero-order valence-corrected chi connectivity index (χ0v) is 7.42. The van der Waals surface area contributed by atoms with E-state index in [1.165, 1.54) is 0 Å². The van der Waals surface area contributed by atoms with Crippen LogP contribution in [0.4, 0.5) is 0 Å². The van der Waals surface area contributed by atoms with Gasteiger partial charge in [-0.05, 0) is 13.3 Å². The zero-order chi connectivity index (χ0) is 8.85. The summed E-state index contributed by atoms with van der Waals surface area (Å²) in [6.45, 7) is 1.89. The first-order valence-corrected chi connectivity index (χ1v) is 3.74. The van der Waals surface area contributed by atoms with Gasteiger partial charge in [0.05, 0.1) is 0 Å². The SMILES string of the molecule is CC(N)CCC(=O)NN(C)C. The number of carbonyl (C=O) groups is 1. The molecule has 0 fully saturated rings. The first kappa shape index (κ1) is 10.4. The molecule has 0 aromatic heterocycles. The van der Waals surface area contributed by atoms with Gasteiger partial charge in [-0.2, -0.15) is 0 Å². The van der Waals surface area contributed by atoms with Crippen molar-refractivity contribution in [1.82, 2.24) is 10.4 Å². The molecule has 0 aliphatic rings. The monoisotopic (exact) mass is 159 g/mol. The van der Waals surface area contributed by atoms with Crippen molar-refractivity contribution in [3.8, 4) is 0 Å². The Labute approximate surface area is 67.7 Å². The summed E-state index contributed by atoms with van der Waals surface area (Å²) in [5.74, 6) is 0.0206. The van der Waals surface area contributed by atoms with Gasteiger partial charge in [-0.1, -0.05) is 0 Å². The molecule has 1 amide bonds. The first-order chi connectivity index (χ1) is 5.02. The molecule has 0 bridgehead atoms. The summed E-state index contributed by atoms with van der Waals surface area (Å²) in [5, 5.41) is 1.63. The Balaban J connectivity index is 3.38. The van der Waals surface area contributed by atoms with Crippen molar-refractivity contribution in [2.75, 3.05) is 14.1 Å². The number of rotatable bonds is 4. The number of carbonyl (C=O) groups excluding carboxylic acids is 1. The predicted octanol–water partition coefficient (Wildman–Crippen LogP) is -0.293. The maximum absolute atomic E-state index is 10.9. The molecule has 66 valence electrons. The van der Waals surface area contributed by atoms with E-state index < -0.39 is 0 Å². The lowest BCUT2D eigenvalue weighted by molar-refractivity contribution is -0.124. The normalized spacial score (nSPS) is 13.2. The average Bonchev–Trinajstić information content (AvgIpc) is 1.82. The number of amides is 1. The van der Waals surface area contributed by atoms with Gasteiger partial charge in [0.25, 0.3) is 0 Å². The van der Waals surface area contributed by atoms with E-state index in [2.05, 4.69) is 5.43 Å². The number of nitrogens with two attached hydrogens (primary N) is 1. The molecule has 0 aromatic rings. The van der Waals surface area contributed by atoms with E-state index in [1.807, 2.05) is 6.92 Å². The smallest absolute Gasteiger partial charge is 0.234 e. The molecule has 0 aliphatic heterocycles. The number of hydrogen-bond acceptors (Lipinski definition) is 3. The highest BCUT2D eigenvalue weighted by atomic mass is 16.2. The summed E-state index contributed by atoms with van der Waals surface area (Å²) in [6.07, 6.45) is 1.23. The molecule has 0 aromatic carbocycles. The number of nitrogens with zero attached hydrogens (tertiary/aromatic N) is 1. The van der Waals surface area contributed by atoms with Crippen LogP contribution < -0.4 is 11.2 Å². The third kappa shape index (κ3) is 7.29. The summed E-state index contributed by atoms with van der Waals surface area (Å²) < 4.78 is 0. The fourth-order valence-corrected chi connectivity index (χ4v) is 0.664. The highest BCUT2D eigenvalue weighted by molar-refractivity contribution is 5.75. The van der Waals surface area contributed by atoms with Crippen molar-refractivity contribution in [1.29, 1.82) is 0 Å². The van der Waals surface area contributed by atoms with Crippen molar-refractivity contribution in [2.24, 2.45) is 5.73 Å². The van der Waals surface area contributed by atoms with Crippen LogP contribution in [0.3, 0.4) is 0 Å². The molecule has 0 radical (unpaired) electrons. The van der Waals surface area contributed by atoms with Gasteiger partial charge in [0.15, 0.2) is 0 Å². The average molecular weight is 159 g/mol. The molecule has 0 saturated heterocycles. The second kappa shape index (κ2) is 5.09. The zero-order valence-electron chi connectivity index (χ0n) is 7.42. The lowest BCUT2D eigenvalue weighted by Gasteiger charge is -2.12. The Morgan fingerprint density at radius 2 is 2.18 bits per heavy atom. The van der Waals surface area contributed by atoms with Gasteiger partial charge in [0, 0.05) is 26.6 Å². The van der Waals surface area contributed by atoms with Crippen molar-refractivity contribution in [2.45, 2.75) is 25.8 Å². The van der Waals surface area contributed by atoms with Crippen LogP contribution in [0.2, 0.25) is 0 Å². The van der Waals surface area contributed by atoms with Crippen molar-refractivity contribution < 1.29 is 4.79 Å². The molecular weight excluding hydrogens is 142 g/mol. The molecular formula is C7H17N3O. The van der Waals surface area contributed by atoms with Gasteiger partial charge >= 0.3 is 0 Å². The Morgan fingerprint density at radius 3 is 2.55 bits per heavy atom. The van der Waals surface area contributed by atoms with Gasteiger partial charge in [-0.15, -0.1) is 0 Å². The highest BCUT2D eigenvalue weighted by Gasteiger charge is 2.02. The topological polar surface area (TPSA) is 58.4 Å². The van der Waals surface area contributed by atoms with E-state index in [9.17, 15) is 4.79 Å². The minimum Gasteiger partial charge on any atom is -0.328 e. The largest absolute Gasteiger partial charge is 0.328 e. The van der Waals surface area contributed by atoms with Crippen LogP contribution in [0, 0.1) is 0 Å². The molecule has 4 heteroatoms. The highest BCUT2D eigenvalue weighted by Crippen LogP contribution is 1.92. The minimum atomic E-state index is 0.0206. The lowest BCUT2D eigenvalue weighted by atomic mass is 10.2. The van der Waals surface area contributed by atoms with Crippen LogP contribution in [0.25, 0.3) is 0 Å². The summed E-state index contributed by atoms with van der Waals surface area (Å²) >= 11 is 0. The summed E-state index contributed by atoms with van der Waals surface area (Å²) in [5.41, 5.74) is 8.11. The Hall–Kier alpha value is -0.610. The third-order valence-electron chi connectivity index (χ3n) is 1.18. The van der Waals surface area contributed by atoms with Crippen LogP contribution in [-0.2, 0) is 4.79 Å². The number of hydrazine groups is 1. The summed E-state index contributed by atoms with van der Waals surface area (Å²) in [4.78, 5) is 10.9.